The van der Waals surface area contributed by atoms with E-state index in [0.717, 1.165) is 30.8 Å². The van der Waals surface area contributed by atoms with Crippen LogP contribution in [0.5, 0.6) is 5.75 Å². The lowest BCUT2D eigenvalue weighted by Gasteiger charge is -2.29. The van der Waals surface area contributed by atoms with Gasteiger partial charge in [-0.05, 0) is 48.7 Å². The number of aromatic nitrogens is 1. The van der Waals surface area contributed by atoms with Gasteiger partial charge in [-0.2, -0.15) is 0 Å². The topological polar surface area (TPSA) is 34.6 Å². The molecule has 4 nitrogen and oxygen atoms in total. The van der Waals surface area contributed by atoms with Gasteiger partial charge < -0.3 is 9.47 Å². The minimum atomic E-state index is 0.506. The van der Waals surface area contributed by atoms with Crippen molar-refractivity contribution < 1.29 is 9.47 Å². The molecule has 24 heavy (non-hydrogen) atoms. The molecule has 1 aromatic heterocycles. The lowest BCUT2D eigenvalue weighted by atomic mass is 10.1. The van der Waals surface area contributed by atoms with Gasteiger partial charge in [-0.1, -0.05) is 13.0 Å². The first kappa shape index (κ1) is 18.4. The molecule has 0 aliphatic rings. The average molecular weight is 328 g/mol. The van der Waals surface area contributed by atoms with Crippen LogP contribution in [0, 0.1) is 0 Å². The third kappa shape index (κ3) is 5.05. The van der Waals surface area contributed by atoms with Crippen LogP contribution in [-0.2, 0) is 24.4 Å². The van der Waals surface area contributed by atoms with Crippen LogP contribution in [0.2, 0.25) is 0 Å². The van der Waals surface area contributed by atoms with Gasteiger partial charge in [0, 0.05) is 44.2 Å². The van der Waals surface area contributed by atoms with Crippen molar-refractivity contribution in [2.45, 2.75) is 46.0 Å². The fourth-order valence-corrected chi connectivity index (χ4v) is 2.78. The van der Waals surface area contributed by atoms with Crippen molar-refractivity contribution in [1.29, 1.82) is 0 Å². The highest BCUT2D eigenvalue weighted by Crippen LogP contribution is 2.23. The molecule has 130 valence electrons. The van der Waals surface area contributed by atoms with E-state index in [9.17, 15) is 0 Å². The molecule has 0 aliphatic heterocycles. The van der Waals surface area contributed by atoms with Crippen LogP contribution in [0.3, 0.4) is 0 Å². The van der Waals surface area contributed by atoms with Gasteiger partial charge in [0.25, 0.3) is 0 Å². The van der Waals surface area contributed by atoms with Crippen LogP contribution in [0.1, 0.15) is 37.0 Å². The van der Waals surface area contributed by atoms with Crippen molar-refractivity contribution >= 4 is 0 Å². The zero-order chi connectivity index (χ0) is 17.4. The first-order valence-electron chi connectivity index (χ1n) is 8.45. The molecule has 0 bridgehead atoms. The summed E-state index contributed by atoms with van der Waals surface area (Å²) in [6, 6.07) is 11.0. The smallest absolute Gasteiger partial charge is 0.124 e. The lowest BCUT2D eigenvalue weighted by molar-refractivity contribution is 0.179. The van der Waals surface area contributed by atoms with Crippen molar-refractivity contribution in [1.82, 2.24) is 9.88 Å². The highest BCUT2D eigenvalue weighted by molar-refractivity contribution is 5.37. The van der Waals surface area contributed by atoms with Crippen LogP contribution in [-0.4, -0.2) is 30.1 Å². The summed E-state index contributed by atoms with van der Waals surface area (Å²) < 4.78 is 10.7. The Labute approximate surface area is 145 Å². The van der Waals surface area contributed by atoms with Gasteiger partial charge in [0.05, 0.1) is 13.7 Å². The fraction of sp³-hybridized carbons (Fsp3) is 0.450. The fourth-order valence-electron chi connectivity index (χ4n) is 2.78. The summed E-state index contributed by atoms with van der Waals surface area (Å²) in [5.41, 5.74) is 3.65. The van der Waals surface area contributed by atoms with Gasteiger partial charge >= 0.3 is 0 Å². The molecule has 0 saturated carbocycles. The second-order valence-electron chi connectivity index (χ2n) is 6.10. The lowest BCUT2D eigenvalue weighted by Crippen LogP contribution is -2.31. The molecule has 1 aromatic carbocycles. The molecule has 0 N–H and O–H groups in total. The summed E-state index contributed by atoms with van der Waals surface area (Å²) in [5, 5.41) is 0. The maximum Gasteiger partial charge on any atom is 0.124 e. The number of pyridine rings is 1. The van der Waals surface area contributed by atoms with Crippen molar-refractivity contribution in [3.63, 3.8) is 0 Å². The zero-order valence-electron chi connectivity index (χ0n) is 15.2. The number of hydrogen-bond acceptors (Lipinski definition) is 4. The molecule has 1 unspecified atom stereocenters. The molecule has 0 saturated heterocycles. The van der Waals surface area contributed by atoms with E-state index >= 15 is 0 Å². The summed E-state index contributed by atoms with van der Waals surface area (Å²) in [5.74, 6) is 0.879. The Kier molecular flexibility index (Phi) is 7.22. The number of benzene rings is 1. The van der Waals surface area contributed by atoms with E-state index in [1.165, 1.54) is 11.1 Å². The molecule has 0 spiro atoms. The normalized spacial score (nSPS) is 12.4. The predicted octanol–water partition coefficient (Wildman–Crippen LogP) is 4.04. The van der Waals surface area contributed by atoms with E-state index < -0.39 is 0 Å². The maximum atomic E-state index is 5.42. The quantitative estimate of drug-likeness (QED) is 0.696. The summed E-state index contributed by atoms with van der Waals surface area (Å²) in [6.45, 7) is 6.89. The molecule has 1 atom stereocenters. The highest BCUT2D eigenvalue weighted by Gasteiger charge is 2.14. The summed E-state index contributed by atoms with van der Waals surface area (Å²) in [7, 11) is 3.41. The molecular formula is C20H28N2O2. The Morgan fingerprint density at radius 3 is 2.38 bits per heavy atom. The third-order valence-corrected chi connectivity index (χ3v) is 4.38. The van der Waals surface area contributed by atoms with Gasteiger partial charge in [0.1, 0.15) is 5.75 Å². The van der Waals surface area contributed by atoms with Gasteiger partial charge in [-0.15, -0.1) is 0 Å². The monoisotopic (exact) mass is 328 g/mol. The van der Waals surface area contributed by atoms with Crippen LogP contribution in [0.4, 0.5) is 0 Å². The Hall–Kier alpha value is -1.91. The van der Waals surface area contributed by atoms with Gasteiger partial charge in [-0.3, -0.25) is 9.88 Å². The number of methoxy groups -OCH3 is 2. The number of rotatable bonds is 9. The molecule has 0 fully saturated rings. The molecule has 2 rings (SSSR count). The average Bonchev–Trinajstić information content (AvgIpc) is 2.62. The van der Waals surface area contributed by atoms with Crippen LogP contribution >= 0.6 is 0 Å². The molecule has 0 amide bonds. The summed E-state index contributed by atoms with van der Waals surface area (Å²) >= 11 is 0. The standard InChI is InChI=1S/C20H28N2O2/c1-5-16(2)22(13-17-8-10-21-11-9-17)14-18-6-7-20(24-4)19(12-18)15-23-3/h6-12,16H,5,13-15H2,1-4H3. The first-order valence-corrected chi connectivity index (χ1v) is 8.45. The largest absolute Gasteiger partial charge is 0.496 e. The Bertz CT molecular complexity index is 616. The number of hydrogen-bond donors (Lipinski definition) is 0. The molecule has 0 aliphatic carbocycles. The second-order valence-corrected chi connectivity index (χ2v) is 6.10. The molecule has 2 aromatic rings. The summed E-state index contributed by atoms with van der Waals surface area (Å²) in [6.07, 6.45) is 4.83. The maximum absolute atomic E-state index is 5.42. The molecule has 1 heterocycles. The van der Waals surface area contributed by atoms with Gasteiger partial charge in [0.15, 0.2) is 0 Å². The van der Waals surface area contributed by atoms with Crippen LogP contribution < -0.4 is 4.74 Å². The Morgan fingerprint density at radius 2 is 1.75 bits per heavy atom. The first-order chi connectivity index (χ1) is 11.7. The Morgan fingerprint density at radius 1 is 1.04 bits per heavy atom. The zero-order valence-corrected chi connectivity index (χ0v) is 15.2. The van der Waals surface area contributed by atoms with E-state index in [1.54, 1.807) is 14.2 Å². The SMILES string of the molecule is CCC(C)N(Cc1ccncc1)Cc1ccc(OC)c(COC)c1. The number of nitrogens with zero attached hydrogens (tertiary/aromatic N) is 2. The number of ether oxygens (including phenoxy) is 2. The summed E-state index contributed by atoms with van der Waals surface area (Å²) in [4.78, 5) is 6.60. The van der Waals surface area contributed by atoms with Crippen molar-refractivity contribution in [3.8, 4) is 5.75 Å². The van der Waals surface area contributed by atoms with E-state index in [-0.39, 0.29) is 0 Å². The van der Waals surface area contributed by atoms with Crippen molar-refractivity contribution in [2.75, 3.05) is 14.2 Å². The van der Waals surface area contributed by atoms with E-state index in [1.807, 2.05) is 18.5 Å². The Balaban J connectivity index is 2.18. The second kappa shape index (κ2) is 9.40. The van der Waals surface area contributed by atoms with Crippen molar-refractivity contribution in [3.05, 3.63) is 59.4 Å². The molecule has 0 radical (unpaired) electrons. The van der Waals surface area contributed by atoms with E-state index in [2.05, 4.69) is 48.0 Å². The van der Waals surface area contributed by atoms with E-state index in [0.29, 0.717) is 12.6 Å². The highest BCUT2D eigenvalue weighted by atomic mass is 16.5. The molecule has 4 heteroatoms. The predicted molar refractivity (Wildman–Crippen MR) is 96.9 cm³/mol. The molecular weight excluding hydrogens is 300 g/mol. The van der Waals surface area contributed by atoms with Gasteiger partial charge in [0.2, 0.25) is 0 Å². The third-order valence-electron chi connectivity index (χ3n) is 4.38. The van der Waals surface area contributed by atoms with Gasteiger partial charge in [-0.25, -0.2) is 0 Å². The minimum absolute atomic E-state index is 0.506. The van der Waals surface area contributed by atoms with Crippen LogP contribution in [0.25, 0.3) is 0 Å². The van der Waals surface area contributed by atoms with Crippen molar-refractivity contribution in [2.24, 2.45) is 0 Å². The minimum Gasteiger partial charge on any atom is -0.496 e. The van der Waals surface area contributed by atoms with E-state index in [4.69, 9.17) is 9.47 Å². The van der Waals surface area contributed by atoms with Crippen LogP contribution in [0.15, 0.2) is 42.7 Å².